The van der Waals surface area contributed by atoms with Crippen molar-refractivity contribution in [3.05, 3.63) is 51.0 Å². The molecule has 0 aliphatic carbocycles. The van der Waals surface area contributed by atoms with Gasteiger partial charge in [0.2, 0.25) is 0 Å². The van der Waals surface area contributed by atoms with Gasteiger partial charge in [-0.1, -0.05) is 46.9 Å². The van der Waals surface area contributed by atoms with E-state index >= 15 is 0 Å². The zero-order valence-corrected chi connectivity index (χ0v) is 12.9. The van der Waals surface area contributed by atoms with Crippen LogP contribution >= 0.6 is 34.8 Å². The van der Waals surface area contributed by atoms with Gasteiger partial charge in [-0.15, -0.1) is 0 Å². The fourth-order valence-corrected chi connectivity index (χ4v) is 2.34. The number of phenolic OH excluding ortho intramolecular Hbond substituents is 1. The zero-order chi connectivity index (χ0) is 14.7. The molecule has 2 N–H and O–H groups in total. The van der Waals surface area contributed by atoms with Gasteiger partial charge in [0.15, 0.2) is 11.5 Å². The molecule has 0 atom stereocenters. The molecule has 0 fully saturated rings. The Morgan fingerprint density at radius 2 is 1.80 bits per heavy atom. The molecule has 0 amide bonds. The van der Waals surface area contributed by atoms with E-state index in [0.29, 0.717) is 38.6 Å². The average molecular weight is 333 g/mol. The molecular weight excluding hydrogens is 321 g/mol. The minimum Gasteiger partial charge on any atom is -0.504 e. The van der Waals surface area contributed by atoms with Crippen LogP contribution in [0.4, 0.5) is 5.69 Å². The summed E-state index contributed by atoms with van der Waals surface area (Å²) in [6, 6.07) is 8.48. The number of ether oxygens (including phenoxy) is 1. The number of phenols is 1. The van der Waals surface area contributed by atoms with Crippen LogP contribution in [-0.4, -0.2) is 12.2 Å². The summed E-state index contributed by atoms with van der Waals surface area (Å²) in [5.41, 5.74) is 1.33. The van der Waals surface area contributed by atoms with Crippen LogP contribution in [0.5, 0.6) is 11.5 Å². The molecule has 0 aromatic heterocycles. The first-order valence-electron chi connectivity index (χ1n) is 5.76. The Morgan fingerprint density at radius 3 is 2.50 bits per heavy atom. The van der Waals surface area contributed by atoms with E-state index in [2.05, 4.69) is 5.32 Å². The van der Waals surface area contributed by atoms with Crippen LogP contribution in [-0.2, 0) is 6.54 Å². The predicted octanol–water partition coefficient (Wildman–Crippen LogP) is 4.97. The summed E-state index contributed by atoms with van der Waals surface area (Å²) in [7, 11) is 1.50. The lowest BCUT2D eigenvalue weighted by Gasteiger charge is -2.12. The molecule has 0 aliphatic heterocycles. The number of nitrogens with one attached hydrogen (secondary N) is 1. The molecule has 2 rings (SSSR count). The van der Waals surface area contributed by atoms with Crippen molar-refractivity contribution >= 4 is 40.5 Å². The minimum absolute atomic E-state index is 0.0960. The highest BCUT2D eigenvalue weighted by molar-refractivity contribution is 6.44. The SMILES string of the molecule is COc1cccc(CNc2cc(Cl)c(Cl)cc2Cl)c1O. The normalized spacial score (nSPS) is 10.4. The Balaban J connectivity index is 2.19. The van der Waals surface area contributed by atoms with E-state index in [9.17, 15) is 5.11 Å². The maximum atomic E-state index is 9.99. The summed E-state index contributed by atoms with van der Waals surface area (Å²) < 4.78 is 5.05. The molecule has 0 aliphatic rings. The molecule has 2 aromatic rings. The number of hydrogen-bond acceptors (Lipinski definition) is 3. The van der Waals surface area contributed by atoms with Crippen LogP contribution in [0.15, 0.2) is 30.3 Å². The first-order chi connectivity index (χ1) is 9.52. The summed E-state index contributed by atoms with van der Waals surface area (Å²) in [5.74, 6) is 0.517. The Morgan fingerprint density at radius 1 is 1.10 bits per heavy atom. The van der Waals surface area contributed by atoms with Crippen molar-refractivity contribution in [2.45, 2.75) is 6.54 Å². The largest absolute Gasteiger partial charge is 0.504 e. The van der Waals surface area contributed by atoms with Crippen molar-refractivity contribution in [2.75, 3.05) is 12.4 Å². The number of rotatable bonds is 4. The molecule has 2 aromatic carbocycles. The average Bonchev–Trinajstić information content (AvgIpc) is 2.43. The number of hydrogen-bond donors (Lipinski definition) is 2. The molecule has 0 saturated heterocycles. The van der Waals surface area contributed by atoms with E-state index < -0.39 is 0 Å². The quantitative estimate of drug-likeness (QED) is 0.776. The highest BCUT2D eigenvalue weighted by atomic mass is 35.5. The summed E-state index contributed by atoms with van der Waals surface area (Å²) in [4.78, 5) is 0. The highest BCUT2D eigenvalue weighted by Gasteiger charge is 2.09. The van der Waals surface area contributed by atoms with Gasteiger partial charge in [0, 0.05) is 12.1 Å². The third-order valence-corrected chi connectivity index (χ3v) is 3.82. The van der Waals surface area contributed by atoms with Crippen molar-refractivity contribution in [3.63, 3.8) is 0 Å². The summed E-state index contributed by atoms with van der Waals surface area (Å²) in [6.07, 6.45) is 0. The van der Waals surface area contributed by atoms with Crippen molar-refractivity contribution in [3.8, 4) is 11.5 Å². The third-order valence-electron chi connectivity index (χ3n) is 2.78. The van der Waals surface area contributed by atoms with Gasteiger partial charge in [0.25, 0.3) is 0 Å². The van der Waals surface area contributed by atoms with Gasteiger partial charge in [0.1, 0.15) is 0 Å². The second kappa shape index (κ2) is 6.44. The Hall–Kier alpha value is -1.29. The number of aromatic hydroxyl groups is 1. The lowest BCUT2D eigenvalue weighted by Crippen LogP contribution is -2.01. The van der Waals surface area contributed by atoms with Crippen LogP contribution in [0, 0.1) is 0 Å². The number of anilines is 1. The Bertz CT molecular complexity index is 632. The van der Waals surface area contributed by atoms with Crippen molar-refractivity contribution < 1.29 is 9.84 Å². The molecule has 0 saturated carbocycles. The van der Waals surface area contributed by atoms with Gasteiger partial charge in [-0.05, 0) is 18.2 Å². The number of para-hydroxylation sites is 1. The van der Waals surface area contributed by atoms with E-state index in [1.54, 1.807) is 30.3 Å². The first kappa shape index (κ1) is 15.1. The molecule has 20 heavy (non-hydrogen) atoms. The van der Waals surface area contributed by atoms with E-state index in [4.69, 9.17) is 39.5 Å². The maximum absolute atomic E-state index is 9.99. The predicted molar refractivity (Wildman–Crippen MR) is 83.5 cm³/mol. The lowest BCUT2D eigenvalue weighted by atomic mass is 10.2. The van der Waals surface area contributed by atoms with Crippen LogP contribution < -0.4 is 10.1 Å². The van der Waals surface area contributed by atoms with Gasteiger partial charge in [0.05, 0.1) is 27.9 Å². The van der Waals surface area contributed by atoms with Crippen molar-refractivity contribution in [2.24, 2.45) is 0 Å². The summed E-state index contributed by atoms with van der Waals surface area (Å²) >= 11 is 17.9. The van der Waals surface area contributed by atoms with Crippen LogP contribution in [0.2, 0.25) is 15.1 Å². The molecule has 3 nitrogen and oxygen atoms in total. The van der Waals surface area contributed by atoms with E-state index in [-0.39, 0.29) is 5.75 Å². The second-order valence-electron chi connectivity index (χ2n) is 4.07. The molecular formula is C14H12Cl3NO2. The van der Waals surface area contributed by atoms with E-state index in [1.807, 2.05) is 0 Å². The van der Waals surface area contributed by atoms with Gasteiger partial charge < -0.3 is 15.2 Å². The molecule has 6 heteroatoms. The Labute approximate surface area is 132 Å². The minimum atomic E-state index is 0.0960. The van der Waals surface area contributed by atoms with Gasteiger partial charge in [-0.25, -0.2) is 0 Å². The Kier molecular flexibility index (Phi) is 4.86. The van der Waals surface area contributed by atoms with Crippen LogP contribution in [0.1, 0.15) is 5.56 Å². The smallest absolute Gasteiger partial charge is 0.162 e. The molecule has 0 radical (unpaired) electrons. The molecule has 0 heterocycles. The van der Waals surface area contributed by atoms with Gasteiger partial charge >= 0.3 is 0 Å². The number of benzene rings is 2. The second-order valence-corrected chi connectivity index (χ2v) is 5.29. The van der Waals surface area contributed by atoms with Crippen LogP contribution in [0.25, 0.3) is 0 Å². The van der Waals surface area contributed by atoms with Gasteiger partial charge in [-0.2, -0.15) is 0 Å². The number of methoxy groups -OCH3 is 1. The zero-order valence-electron chi connectivity index (χ0n) is 10.6. The van der Waals surface area contributed by atoms with Gasteiger partial charge in [-0.3, -0.25) is 0 Å². The van der Waals surface area contributed by atoms with E-state index in [0.717, 1.165) is 0 Å². The van der Waals surface area contributed by atoms with Crippen LogP contribution in [0.3, 0.4) is 0 Å². The molecule has 0 unspecified atom stereocenters. The summed E-state index contributed by atoms with van der Waals surface area (Å²) in [6.45, 7) is 0.376. The highest BCUT2D eigenvalue weighted by Crippen LogP contribution is 2.34. The fourth-order valence-electron chi connectivity index (χ4n) is 1.72. The standard InChI is InChI=1S/C14H12Cl3NO2/c1-20-13-4-2-3-8(14(13)19)7-18-12-6-10(16)9(15)5-11(12)17/h2-6,18-19H,7H2,1H3. The number of halogens is 3. The van der Waals surface area contributed by atoms with Crippen molar-refractivity contribution in [1.29, 1.82) is 0 Å². The van der Waals surface area contributed by atoms with E-state index in [1.165, 1.54) is 7.11 Å². The lowest BCUT2D eigenvalue weighted by molar-refractivity contribution is 0.371. The monoisotopic (exact) mass is 331 g/mol. The fraction of sp³-hybridized carbons (Fsp3) is 0.143. The molecule has 0 bridgehead atoms. The van der Waals surface area contributed by atoms with Crippen molar-refractivity contribution in [1.82, 2.24) is 0 Å². The third kappa shape index (κ3) is 3.23. The molecule has 106 valence electrons. The summed E-state index contributed by atoms with van der Waals surface area (Å²) in [5, 5.41) is 14.4. The topological polar surface area (TPSA) is 41.5 Å². The maximum Gasteiger partial charge on any atom is 0.162 e. The molecule has 0 spiro atoms. The first-order valence-corrected chi connectivity index (χ1v) is 6.89.